The maximum Gasteiger partial charge on any atom is 0.227 e. The molecule has 0 unspecified atom stereocenters. The molecule has 106 valence electrons. The molecule has 4 nitrogen and oxygen atoms in total. The van der Waals surface area contributed by atoms with Crippen LogP contribution in [0.2, 0.25) is 0 Å². The summed E-state index contributed by atoms with van der Waals surface area (Å²) in [6, 6.07) is 16.4. The molecular weight excluding hydrogens is 332 g/mol. The smallest absolute Gasteiger partial charge is 0.227 e. The van der Waals surface area contributed by atoms with Crippen LogP contribution >= 0.6 is 15.9 Å². The second-order valence-corrected chi connectivity index (χ2v) is 5.18. The fourth-order valence-electron chi connectivity index (χ4n) is 1.72. The van der Waals surface area contributed by atoms with E-state index in [0.717, 1.165) is 4.47 Å². The number of nitrogens with zero attached hydrogens (tertiary/aromatic N) is 1. The number of rotatable bonds is 5. The Morgan fingerprint density at radius 2 is 2.05 bits per heavy atom. The number of ether oxygens (including phenoxy) is 1. The molecule has 0 aliphatic heterocycles. The van der Waals surface area contributed by atoms with Gasteiger partial charge in [-0.15, -0.1) is 0 Å². The number of nitriles is 1. The van der Waals surface area contributed by atoms with Gasteiger partial charge in [-0.3, -0.25) is 4.79 Å². The van der Waals surface area contributed by atoms with Crippen molar-refractivity contribution in [3.05, 3.63) is 58.6 Å². The molecule has 21 heavy (non-hydrogen) atoms. The lowest BCUT2D eigenvalue weighted by atomic mass is 10.2. The molecule has 0 bridgehead atoms. The lowest BCUT2D eigenvalue weighted by Crippen LogP contribution is -2.15. The first kappa shape index (κ1) is 15.1. The standard InChI is InChI=1S/C16H13BrN2O2/c17-13-5-3-6-14(10-13)21-9-8-16(20)19-15-7-2-1-4-12(15)11-18/h1-7,10H,8-9H2,(H,19,20). The Labute approximate surface area is 131 Å². The molecule has 2 aromatic rings. The molecule has 0 heterocycles. The molecule has 2 rings (SSSR count). The molecule has 0 saturated carbocycles. The number of halogens is 1. The van der Waals surface area contributed by atoms with Crippen LogP contribution in [0.15, 0.2) is 53.0 Å². The first-order chi connectivity index (χ1) is 10.2. The van der Waals surface area contributed by atoms with Gasteiger partial charge in [0.2, 0.25) is 5.91 Å². The van der Waals surface area contributed by atoms with Crippen LogP contribution in [0.3, 0.4) is 0 Å². The van der Waals surface area contributed by atoms with Crippen molar-refractivity contribution in [1.29, 1.82) is 5.26 Å². The zero-order valence-electron chi connectivity index (χ0n) is 11.2. The highest BCUT2D eigenvalue weighted by Crippen LogP contribution is 2.18. The Bertz CT molecular complexity index is 680. The largest absolute Gasteiger partial charge is 0.493 e. The van der Waals surface area contributed by atoms with Crippen LogP contribution in [0.1, 0.15) is 12.0 Å². The number of nitrogens with one attached hydrogen (secondary N) is 1. The summed E-state index contributed by atoms with van der Waals surface area (Å²) in [5.41, 5.74) is 0.964. The van der Waals surface area contributed by atoms with E-state index in [2.05, 4.69) is 21.2 Å². The van der Waals surface area contributed by atoms with Crippen LogP contribution in [-0.2, 0) is 4.79 Å². The number of hydrogen-bond donors (Lipinski definition) is 1. The summed E-state index contributed by atoms with van der Waals surface area (Å²) in [4.78, 5) is 11.8. The number of benzene rings is 2. The minimum atomic E-state index is -0.187. The number of hydrogen-bond acceptors (Lipinski definition) is 3. The predicted octanol–water partition coefficient (Wildman–Crippen LogP) is 3.73. The van der Waals surface area contributed by atoms with Crippen molar-refractivity contribution in [3.63, 3.8) is 0 Å². The highest BCUT2D eigenvalue weighted by molar-refractivity contribution is 9.10. The minimum Gasteiger partial charge on any atom is -0.493 e. The first-order valence-electron chi connectivity index (χ1n) is 6.36. The Morgan fingerprint density at radius 3 is 2.81 bits per heavy atom. The number of anilines is 1. The Balaban J connectivity index is 1.84. The van der Waals surface area contributed by atoms with Gasteiger partial charge < -0.3 is 10.1 Å². The number of amides is 1. The van der Waals surface area contributed by atoms with E-state index >= 15 is 0 Å². The average Bonchev–Trinajstić information content (AvgIpc) is 2.48. The zero-order chi connectivity index (χ0) is 15.1. The molecule has 0 radical (unpaired) electrons. The van der Waals surface area contributed by atoms with E-state index in [0.29, 0.717) is 17.0 Å². The normalized spacial score (nSPS) is 9.71. The molecule has 0 atom stereocenters. The van der Waals surface area contributed by atoms with Crippen LogP contribution in [0.25, 0.3) is 0 Å². The molecule has 5 heteroatoms. The Hall–Kier alpha value is -2.32. The van der Waals surface area contributed by atoms with Crippen molar-refractivity contribution >= 4 is 27.5 Å². The fourth-order valence-corrected chi connectivity index (χ4v) is 2.10. The average molecular weight is 345 g/mol. The van der Waals surface area contributed by atoms with Gasteiger partial charge in [-0.05, 0) is 30.3 Å². The minimum absolute atomic E-state index is 0.187. The van der Waals surface area contributed by atoms with E-state index in [1.165, 1.54) is 0 Å². The summed E-state index contributed by atoms with van der Waals surface area (Å²) < 4.78 is 6.42. The van der Waals surface area contributed by atoms with Crippen LogP contribution in [0.5, 0.6) is 5.75 Å². The van der Waals surface area contributed by atoms with E-state index in [-0.39, 0.29) is 18.9 Å². The summed E-state index contributed by atoms with van der Waals surface area (Å²) in [5.74, 6) is 0.516. The third-order valence-electron chi connectivity index (χ3n) is 2.72. The lowest BCUT2D eigenvalue weighted by Gasteiger charge is -2.08. The second-order valence-electron chi connectivity index (χ2n) is 4.26. The summed E-state index contributed by atoms with van der Waals surface area (Å²) in [7, 11) is 0. The highest BCUT2D eigenvalue weighted by atomic mass is 79.9. The topological polar surface area (TPSA) is 62.1 Å². The summed E-state index contributed by atoms with van der Waals surface area (Å²) >= 11 is 3.35. The highest BCUT2D eigenvalue weighted by Gasteiger charge is 2.06. The van der Waals surface area contributed by atoms with Gasteiger partial charge in [-0.1, -0.05) is 34.1 Å². The third kappa shape index (κ3) is 4.62. The van der Waals surface area contributed by atoms with Crippen molar-refractivity contribution in [2.45, 2.75) is 6.42 Å². The van der Waals surface area contributed by atoms with Gasteiger partial charge in [0.05, 0.1) is 24.3 Å². The summed E-state index contributed by atoms with van der Waals surface area (Å²) in [6.45, 7) is 0.275. The van der Waals surface area contributed by atoms with Crippen molar-refractivity contribution in [1.82, 2.24) is 0 Å². The molecule has 0 spiro atoms. The molecule has 0 aliphatic carbocycles. The van der Waals surface area contributed by atoms with Gasteiger partial charge in [-0.2, -0.15) is 5.26 Å². The second kappa shape index (κ2) is 7.46. The van der Waals surface area contributed by atoms with Gasteiger partial charge >= 0.3 is 0 Å². The number of carbonyl (C=O) groups excluding carboxylic acids is 1. The Morgan fingerprint density at radius 1 is 1.24 bits per heavy atom. The van der Waals surface area contributed by atoms with E-state index in [9.17, 15) is 4.79 Å². The van der Waals surface area contributed by atoms with Gasteiger partial charge in [0.1, 0.15) is 11.8 Å². The van der Waals surface area contributed by atoms with Gasteiger partial charge in [0, 0.05) is 4.47 Å². The molecule has 1 N–H and O–H groups in total. The van der Waals surface area contributed by atoms with Crippen LogP contribution in [-0.4, -0.2) is 12.5 Å². The van der Waals surface area contributed by atoms with Gasteiger partial charge in [0.25, 0.3) is 0 Å². The van der Waals surface area contributed by atoms with Crippen molar-refractivity contribution in [2.24, 2.45) is 0 Å². The van der Waals surface area contributed by atoms with E-state index in [1.807, 2.05) is 30.3 Å². The molecule has 0 aliphatic rings. The van der Waals surface area contributed by atoms with Crippen molar-refractivity contribution in [2.75, 3.05) is 11.9 Å². The maximum atomic E-state index is 11.8. The van der Waals surface area contributed by atoms with Crippen LogP contribution in [0.4, 0.5) is 5.69 Å². The lowest BCUT2D eigenvalue weighted by molar-refractivity contribution is -0.116. The van der Waals surface area contributed by atoms with Crippen molar-refractivity contribution in [3.8, 4) is 11.8 Å². The van der Waals surface area contributed by atoms with Crippen LogP contribution in [0, 0.1) is 11.3 Å². The van der Waals surface area contributed by atoms with E-state index in [1.54, 1.807) is 24.3 Å². The fraction of sp³-hybridized carbons (Fsp3) is 0.125. The SMILES string of the molecule is N#Cc1ccccc1NC(=O)CCOc1cccc(Br)c1. The molecular formula is C16H13BrN2O2. The summed E-state index contributed by atoms with van der Waals surface area (Å²) in [6.07, 6.45) is 0.215. The third-order valence-corrected chi connectivity index (χ3v) is 3.21. The molecule has 0 saturated heterocycles. The molecule has 0 fully saturated rings. The van der Waals surface area contributed by atoms with Crippen molar-refractivity contribution < 1.29 is 9.53 Å². The first-order valence-corrected chi connectivity index (χ1v) is 7.15. The zero-order valence-corrected chi connectivity index (χ0v) is 12.8. The monoisotopic (exact) mass is 344 g/mol. The van der Waals surface area contributed by atoms with Gasteiger partial charge in [-0.25, -0.2) is 0 Å². The number of para-hydroxylation sites is 1. The molecule has 0 aromatic heterocycles. The Kier molecular flexibility index (Phi) is 5.35. The molecule has 1 amide bonds. The van der Waals surface area contributed by atoms with Gasteiger partial charge in [0.15, 0.2) is 0 Å². The maximum absolute atomic E-state index is 11.8. The number of carbonyl (C=O) groups is 1. The molecule has 2 aromatic carbocycles. The quantitative estimate of drug-likeness (QED) is 0.898. The van der Waals surface area contributed by atoms with Crippen LogP contribution < -0.4 is 10.1 Å². The summed E-state index contributed by atoms with van der Waals surface area (Å²) in [5, 5.41) is 11.7. The predicted molar refractivity (Wildman–Crippen MR) is 84.0 cm³/mol. The van der Waals surface area contributed by atoms with E-state index in [4.69, 9.17) is 10.00 Å². The van der Waals surface area contributed by atoms with E-state index < -0.39 is 0 Å².